The zero-order valence-corrected chi connectivity index (χ0v) is 13.3. The van der Waals surface area contributed by atoms with E-state index in [9.17, 15) is 18.0 Å². The van der Waals surface area contributed by atoms with E-state index in [0.29, 0.717) is 36.9 Å². The Hall–Kier alpha value is -1.35. The minimum atomic E-state index is -4.83. The van der Waals surface area contributed by atoms with E-state index in [0.717, 1.165) is 17.7 Å². The highest BCUT2D eigenvalue weighted by Crippen LogP contribution is 2.36. The van der Waals surface area contributed by atoms with Crippen molar-refractivity contribution in [1.29, 1.82) is 0 Å². The molecule has 128 valence electrons. The minimum absolute atomic E-state index is 0.128. The Kier molecular flexibility index (Phi) is 4.77. The molecule has 0 saturated carbocycles. The Morgan fingerprint density at radius 1 is 1.35 bits per heavy atom. The predicted octanol–water partition coefficient (Wildman–Crippen LogP) is 2.96. The molecule has 1 N–H and O–H groups in total. The fraction of sp³-hybridized carbons (Fsp3) is 0.714. The molecule has 0 bridgehead atoms. The quantitative estimate of drug-likeness (QED) is 0.912. The van der Waals surface area contributed by atoms with Crippen molar-refractivity contribution in [2.45, 2.75) is 43.9 Å². The van der Waals surface area contributed by atoms with Gasteiger partial charge in [-0.3, -0.25) is 4.79 Å². The van der Waals surface area contributed by atoms with E-state index < -0.39 is 18.1 Å². The monoisotopic (exact) mass is 349 g/mol. The first-order valence-corrected chi connectivity index (χ1v) is 8.50. The van der Waals surface area contributed by atoms with Crippen LogP contribution in [0, 0.1) is 0 Å². The summed E-state index contributed by atoms with van der Waals surface area (Å²) in [4.78, 5) is 16.8. The van der Waals surface area contributed by atoms with E-state index >= 15 is 0 Å². The van der Waals surface area contributed by atoms with Crippen molar-refractivity contribution in [2.75, 3.05) is 25.1 Å². The molecular weight excluding hydrogens is 331 g/mol. The maximum atomic E-state index is 12.7. The van der Waals surface area contributed by atoms with E-state index in [1.807, 2.05) is 0 Å². The Morgan fingerprint density at radius 2 is 2.09 bits per heavy atom. The van der Waals surface area contributed by atoms with Crippen LogP contribution in [-0.4, -0.2) is 47.8 Å². The third-order valence-corrected chi connectivity index (χ3v) is 4.96. The average Bonchev–Trinajstić information content (AvgIpc) is 3.15. The molecule has 2 fully saturated rings. The van der Waals surface area contributed by atoms with Crippen LogP contribution in [0.5, 0.6) is 0 Å². The molecule has 0 aliphatic carbocycles. The smallest absolute Gasteiger partial charge is 0.381 e. The molecule has 23 heavy (non-hydrogen) atoms. The minimum Gasteiger partial charge on any atom is -0.381 e. The fourth-order valence-electron chi connectivity index (χ4n) is 3.00. The van der Waals surface area contributed by atoms with Crippen LogP contribution in [0.3, 0.4) is 0 Å². The Bertz CT molecular complexity index is 558. The normalized spacial score (nSPS) is 23.3. The second-order valence-electron chi connectivity index (χ2n) is 5.76. The lowest BCUT2D eigenvalue weighted by atomic mass is 10.1. The van der Waals surface area contributed by atoms with Crippen molar-refractivity contribution in [3.8, 4) is 0 Å². The van der Waals surface area contributed by atoms with Gasteiger partial charge in [-0.1, -0.05) is 0 Å². The van der Waals surface area contributed by atoms with Crippen molar-refractivity contribution in [3.05, 3.63) is 11.1 Å². The number of hydrogen-bond acceptors (Lipinski definition) is 5. The van der Waals surface area contributed by atoms with Crippen LogP contribution in [0.2, 0.25) is 0 Å². The number of carbonyl (C=O) groups excluding carboxylic acids is 1. The molecule has 9 heteroatoms. The van der Waals surface area contributed by atoms with Gasteiger partial charge >= 0.3 is 12.1 Å². The van der Waals surface area contributed by atoms with Gasteiger partial charge in [0.2, 0.25) is 0 Å². The fourth-order valence-corrected chi connectivity index (χ4v) is 3.84. The van der Waals surface area contributed by atoms with Gasteiger partial charge in [0.25, 0.3) is 0 Å². The third-order valence-electron chi connectivity index (χ3n) is 4.17. The lowest BCUT2D eigenvalue weighted by molar-refractivity contribution is -0.186. The van der Waals surface area contributed by atoms with Crippen molar-refractivity contribution >= 4 is 22.4 Å². The molecule has 1 atom stereocenters. The van der Waals surface area contributed by atoms with Gasteiger partial charge in [0.15, 0.2) is 5.13 Å². The maximum absolute atomic E-state index is 12.7. The number of rotatable bonds is 3. The van der Waals surface area contributed by atoms with Crippen molar-refractivity contribution in [3.63, 3.8) is 0 Å². The summed E-state index contributed by atoms with van der Waals surface area (Å²) >= 11 is 1.37. The molecule has 3 rings (SSSR count). The summed E-state index contributed by atoms with van der Waals surface area (Å²) in [5.74, 6) is -1.77. The summed E-state index contributed by atoms with van der Waals surface area (Å²) in [7, 11) is 0. The summed E-state index contributed by atoms with van der Waals surface area (Å²) < 4.78 is 43.3. The zero-order valence-electron chi connectivity index (χ0n) is 12.4. The average molecular weight is 349 g/mol. The van der Waals surface area contributed by atoms with Gasteiger partial charge in [-0.2, -0.15) is 13.2 Å². The molecule has 2 saturated heterocycles. The number of nitrogens with zero attached hydrogens (tertiary/aromatic N) is 2. The summed E-state index contributed by atoms with van der Waals surface area (Å²) in [5.41, 5.74) is 0.541. The van der Waals surface area contributed by atoms with Crippen LogP contribution in [0.25, 0.3) is 0 Å². The van der Waals surface area contributed by atoms with Gasteiger partial charge in [0.1, 0.15) is 0 Å². The number of amides is 1. The van der Waals surface area contributed by atoms with Crippen molar-refractivity contribution in [1.82, 2.24) is 9.88 Å². The predicted molar refractivity (Wildman–Crippen MR) is 79.3 cm³/mol. The van der Waals surface area contributed by atoms with Gasteiger partial charge in [0, 0.05) is 31.2 Å². The number of hydrogen-bond donors (Lipinski definition) is 1. The van der Waals surface area contributed by atoms with E-state index in [1.165, 1.54) is 11.3 Å². The highest BCUT2D eigenvalue weighted by molar-refractivity contribution is 7.13. The van der Waals surface area contributed by atoms with Crippen LogP contribution in [0.4, 0.5) is 18.3 Å². The van der Waals surface area contributed by atoms with Gasteiger partial charge < -0.3 is 15.0 Å². The largest absolute Gasteiger partial charge is 0.471 e. The van der Waals surface area contributed by atoms with Crippen molar-refractivity contribution in [2.24, 2.45) is 0 Å². The topological polar surface area (TPSA) is 54.5 Å². The van der Waals surface area contributed by atoms with Gasteiger partial charge in [0.05, 0.1) is 11.7 Å². The molecular formula is C14H18F3N3O2S. The number of ether oxygens (including phenoxy) is 1. The van der Waals surface area contributed by atoms with Crippen LogP contribution < -0.4 is 5.32 Å². The number of thiazole rings is 1. The molecule has 2 aliphatic rings. The highest BCUT2D eigenvalue weighted by Gasteiger charge is 2.46. The third kappa shape index (κ3) is 3.77. The van der Waals surface area contributed by atoms with Crippen LogP contribution in [0.1, 0.15) is 37.4 Å². The van der Waals surface area contributed by atoms with Crippen molar-refractivity contribution < 1.29 is 22.7 Å². The molecule has 0 unspecified atom stereocenters. The van der Waals surface area contributed by atoms with Crippen LogP contribution in [-0.2, 0) is 9.53 Å². The lowest BCUT2D eigenvalue weighted by Crippen LogP contribution is -2.40. The van der Waals surface area contributed by atoms with E-state index in [1.54, 1.807) is 5.38 Å². The lowest BCUT2D eigenvalue weighted by Gasteiger charge is -2.24. The molecule has 1 amide bonds. The zero-order chi connectivity index (χ0) is 16.4. The molecule has 0 spiro atoms. The van der Waals surface area contributed by atoms with Gasteiger partial charge in [-0.05, 0) is 25.7 Å². The van der Waals surface area contributed by atoms with Crippen LogP contribution in [0.15, 0.2) is 5.38 Å². The molecule has 5 nitrogen and oxygen atoms in total. The molecule has 1 aromatic rings. The summed E-state index contributed by atoms with van der Waals surface area (Å²) in [6.07, 6.45) is -1.98. The van der Waals surface area contributed by atoms with Gasteiger partial charge in [-0.25, -0.2) is 4.98 Å². The van der Waals surface area contributed by atoms with E-state index in [-0.39, 0.29) is 12.6 Å². The number of anilines is 1. The first-order valence-electron chi connectivity index (χ1n) is 7.62. The highest BCUT2D eigenvalue weighted by atomic mass is 32.1. The molecule has 2 aliphatic heterocycles. The van der Waals surface area contributed by atoms with E-state index in [4.69, 9.17) is 4.74 Å². The first kappa shape index (κ1) is 16.5. The standard InChI is InChI=1S/C14H18F3N3O2S/c15-14(16,17)12(21)20-5-1-2-11(20)10-8-23-13(19-10)18-9-3-6-22-7-4-9/h8-9,11H,1-7H2,(H,18,19)/t11-/m1/s1. The summed E-state index contributed by atoms with van der Waals surface area (Å²) in [5, 5.41) is 5.74. The van der Waals surface area contributed by atoms with Gasteiger partial charge in [-0.15, -0.1) is 11.3 Å². The number of likely N-dealkylation sites (tertiary alicyclic amines) is 1. The van der Waals surface area contributed by atoms with Crippen LogP contribution >= 0.6 is 11.3 Å². The second-order valence-corrected chi connectivity index (χ2v) is 6.62. The number of carbonyl (C=O) groups is 1. The first-order chi connectivity index (χ1) is 10.9. The Balaban J connectivity index is 1.67. The maximum Gasteiger partial charge on any atom is 0.471 e. The second kappa shape index (κ2) is 6.64. The molecule has 1 aromatic heterocycles. The Morgan fingerprint density at radius 3 is 2.78 bits per heavy atom. The number of halogens is 3. The SMILES string of the molecule is O=C(N1CCC[C@@H]1c1csc(NC2CCOCC2)n1)C(F)(F)F. The Labute approximate surface area is 135 Å². The number of nitrogens with one attached hydrogen (secondary N) is 1. The molecule has 0 aromatic carbocycles. The summed E-state index contributed by atoms with van der Waals surface area (Å²) in [6, 6.07) is -0.301. The molecule has 0 radical (unpaired) electrons. The molecule has 3 heterocycles. The van der Waals surface area contributed by atoms with E-state index in [2.05, 4.69) is 10.3 Å². The summed E-state index contributed by atoms with van der Waals surface area (Å²) in [6.45, 7) is 1.53. The number of alkyl halides is 3. The number of aromatic nitrogens is 1.